The molecule has 1 heterocycles. The van der Waals surface area contributed by atoms with E-state index in [1.165, 1.54) is 5.56 Å². The lowest BCUT2D eigenvalue weighted by molar-refractivity contribution is 0.322. The fraction of sp³-hybridized carbons (Fsp3) is 0.238. The second kappa shape index (κ2) is 8.89. The molecular weight excluding hydrogens is 338 g/mol. The predicted octanol–water partition coefficient (Wildman–Crippen LogP) is 3.29. The van der Waals surface area contributed by atoms with Gasteiger partial charge in [0.1, 0.15) is 5.75 Å². The Kier molecular flexibility index (Phi) is 6.10. The average molecular weight is 363 g/mol. The van der Waals surface area contributed by atoms with Gasteiger partial charge in [-0.05, 0) is 37.6 Å². The first-order valence-corrected chi connectivity index (χ1v) is 8.95. The van der Waals surface area contributed by atoms with E-state index in [-0.39, 0.29) is 0 Å². The maximum Gasteiger partial charge on any atom is 0.217 e. The standard InChI is InChI=1S/C21H25N5O/c1-15-13-16(2)24-21(23-15)26-20(22)25-18-9-6-10-19(14-18)27-12-11-17-7-4-3-5-8-17/h3-10,13-14,21,23H,11-12H2,1-2H3,(H3,22,25,26). The molecule has 1 atom stereocenters. The number of nitrogens with two attached hydrogens (primary N) is 1. The summed E-state index contributed by atoms with van der Waals surface area (Å²) in [4.78, 5) is 8.76. The molecule has 0 aromatic heterocycles. The van der Waals surface area contributed by atoms with Gasteiger partial charge in [-0.2, -0.15) is 0 Å². The SMILES string of the molecule is CC1=CC(C)=NC(/N=C(/N)Nc2cccc(OCCc3ccccc3)c2)N1. The minimum Gasteiger partial charge on any atom is -0.493 e. The van der Waals surface area contributed by atoms with Crippen LogP contribution in [0.25, 0.3) is 0 Å². The molecule has 2 aromatic rings. The van der Waals surface area contributed by atoms with Gasteiger partial charge in [0.05, 0.1) is 6.61 Å². The number of nitrogens with zero attached hydrogens (tertiary/aromatic N) is 2. The molecule has 0 saturated heterocycles. The summed E-state index contributed by atoms with van der Waals surface area (Å²) in [6.45, 7) is 4.52. The Hall–Kier alpha value is -3.28. The van der Waals surface area contributed by atoms with Crippen LogP contribution < -0.4 is 21.1 Å². The largest absolute Gasteiger partial charge is 0.493 e. The Morgan fingerprint density at radius 2 is 2.00 bits per heavy atom. The number of rotatable bonds is 6. The van der Waals surface area contributed by atoms with Crippen molar-refractivity contribution in [1.29, 1.82) is 0 Å². The van der Waals surface area contributed by atoms with Gasteiger partial charge < -0.3 is 21.1 Å². The second-order valence-corrected chi connectivity index (χ2v) is 6.37. The molecule has 0 bridgehead atoms. The molecule has 0 fully saturated rings. The lowest BCUT2D eigenvalue weighted by atomic mass is 10.2. The molecule has 140 valence electrons. The summed E-state index contributed by atoms with van der Waals surface area (Å²) in [5.41, 5.74) is 10.0. The van der Waals surface area contributed by atoms with E-state index in [2.05, 4.69) is 32.8 Å². The number of guanidine groups is 1. The van der Waals surface area contributed by atoms with E-state index in [9.17, 15) is 0 Å². The molecule has 1 aliphatic rings. The first-order valence-electron chi connectivity index (χ1n) is 8.95. The number of anilines is 1. The van der Waals surface area contributed by atoms with Crippen molar-refractivity contribution in [1.82, 2.24) is 5.32 Å². The molecule has 1 aliphatic heterocycles. The van der Waals surface area contributed by atoms with E-state index in [0.717, 1.165) is 29.3 Å². The summed E-state index contributed by atoms with van der Waals surface area (Å²) in [7, 11) is 0. The van der Waals surface area contributed by atoms with Gasteiger partial charge in [0.2, 0.25) is 6.29 Å². The van der Waals surface area contributed by atoms with E-state index < -0.39 is 6.29 Å². The minimum absolute atomic E-state index is 0.292. The molecule has 0 radical (unpaired) electrons. The van der Waals surface area contributed by atoms with Crippen LogP contribution in [0.3, 0.4) is 0 Å². The van der Waals surface area contributed by atoms with Crippen molar-refractivity contribution in [2.75, 3.05) is 11.9 Å². The van der Waals surface area contributed by atoms with E-state index in [1.807, 2.05) is 62.4 Å². The lowest BCUT2D eigenvalue weighted by Crippen LogP contribution is -2.33. The first-order chi connectivity index (χ1) is 13.1. The highest BCUT2D eigenvalue weighted by Gasteiger charge is 2.10. The Bertz CT molecular complexity index is 858. The van der Waals surface area contributed by atoms with Crippen LogP contribution in [-0.2, 0) is 6.42 Å². The molecule has 0 amide bonds. The van der Waals surface area contributed by atoms with E-state index in [0.29, 0.717) is 12.6 Å². The number of allylic oxidation sites excluding steroid dienone is 2. The van der Waals surface area contributed by atoms with E-state index in [4.69, 9.17) is 10.5 Å². The molecule has 0 spiro atoms. The van der Waals surface area contributed by atoms with Crippen LogP contribution in [0.1, 0.15) is 19.4 Å². The number of nitrogens with one attached hydrogen (secondary N) is 2. The summed E-state index contributed by atoms with van der Waals surface area (Å²) >= 11 is 0. The highest BCUT2D eigenvalue weighted by molar-refractivity contribution is 5.95. The third-order valence-corrected chi connectivity index (χ3v) is 3.98. The Balaban J connectivity index is 1.55. The molecule has 0 aliphatic carbocycles. The minimum atomic E-state index is -0.409. The fourth-order valence-corrected chi connectivity index (χ4v) is 2.79. The molecule has 6 nitrogen and oxygen atoms in total. The van der Waals surface area contributed by atoms with Gasteiger partial charge in [0, 0.05) is 29.6 Å². The highest BCUT2D eigenvalue weighted by Crippen LogP contribution is 2.17. The molecule has 4 N–H and O–H groups in total. The number of ether oxygens (including phenoxy) is 1. The van der Waals surface area contributed by atoms with Crippen LogP contribution in [0.4, 0.5) is 5.69 Å². The summed E-state index contributed by atoms with van der Waals surface area (Å²) in [6.07, 6.45) is 2.42. The quantitative estimate of drug-likeness (QED) is 0.543. The van der Waals surface area contributed by atoms with E-state index >= 15 is 0 Å². The molecule has 27 heavy (non-hydrogen) atoms. The number of hydrogen-bond acceptors (Lipinski definition) is 4. The topological polar surface area (TPSA) is 84.0 Å². The summed E-state index contributed by atoms with van der Waals surface area (Å²) < 4.78 is 5.85. The van der Waals surface area contributed by atoms with Gasteiger partial charge in [-0.25, -0.2) is 9.98 Å². The van der Waals surface area contributed by atoms with Crippen LogP contribution in [-0.4, -0.2) is 24.6 Å². The normalized spacial score (nSPS) is 16.8. The Morgan fingerprint density at radius 1 is 1.19 bits per heavy atom. The smallest absolute Gasteiger partial charge is 0.217 e. The Morgan fingerprint density at radius 3 is 2.78 bits per heavy atom. The van der Waals surface area contributed by atoms with Crippen LogP contribution in [0.15, 0.2) is 76.4 Å². The van der Waals surface area contributed by atoms with Crippen molar-refractivity contribution in [3.05, 3.63) is 71.9 Å². The fourth-order valence-electron chi connectivity index (χ4n) is 2.79. The van der Waals surface area contributed by atoms with Crippen molar-refractivity contribution in [2.24, 2.45) is 15.7 Å². The van der Waals surface area contributed by atoms with Gasteiger partial charge in [-0.3, -0.25) is 0 Å². The van der Waals surface area contributed by atoms with Gasteiger partial charge >= 0.3 is 0 Å². The summed E-state index contributed by atoms with van der Waals surface area (Å²) in [5, 5.41) is 6.25. The van der Waals surface area contributed by atoms with Crippen molar-refractivity contribution < 1.29 is 4.74 Å². The third kappa shape index (κ3) is 5.88. The van der Waals surface area contributed by atoms with Crippen molar-refractivity contribution >= 4 is 17.4 Å². The molecule has 6 heteroatoms. The summed E-state index contributed by atoms with van der Waals surface area (Å²) in [6, 6.07) is 17.9. The third-order valence-electron chi connectivity index (χ3n) is 3.98. The monoisotopic (exact) mass is 363 g/mol. The zero-order valence-electron chi connectivity index (χ0n) is 15.6. The van der Waals surface area contributed by atoms with Crippen LogP contribution in [0.5, 0.6) is 5.75 Å². The zero-order chi connectivity index (χ0) is 19.1. The van der Waals surface area contributed by atoms with Crippen LogP contribution in [0, 0.1) is 0 Å². The average Bonchev–Trinajstić information content (AvgIpc) is 2.62. The summed E-state index contributed by atoms with van der Waals surface area (Å²) in [5.74, 6) is 1.08. The maximum atomic E-state index is 6.02. The van der Waals surface area contributed by atoms with Gasteiger partial charge in [0.25, 0.3) is 0 Å². The number of aliphatic imine (C=N–C) groups is 2. The number of benzene rings is 2. The van der Waals surface area contributed by atoms with Crippen LogP contribution >= 0.6 is 0 Å². The van der Waals surface area contributed by atoms with Crippen molar-refractivity contribution in [3.8, 4) is 5.75 Å². The Labute approximate surface area is 159 Å². The van der Waals surface area contributed by atoms with Crippen molar-refractivity contribution in [3.63, 3.8) is 0 Å². The molecular formula is C21H25N5O. The molecule has 0 saturated carbocycles. The van der Waals surface area contributed by atoms with E-state index in [1.54, 1.807) is 0 Å². The predicted molar refractivity (Wildman–Crippen MR) is 111 cm³/mol. The molecule has 3 rings (SSSR count). The van der Waals surface area contributed by atoms with Crippen molar-refractivity contribution in [2.45, 2.75) is 26.6 Å². The number of hydrogen-bond donors (Lipinski definition) is 3. The maximum absolute atomic E-state index is 6.02. The van der Waals surface area contributed by atoms with Crippen LogP contribution in [0.2, 0.25) is 0 Å². The second-order valence-electron chi connectivity index (χ2n) is 6.37. The molecule has 2 aromatic carbocycles. The molecule has 1 unspecified atom stereocenters. The highest BCUT2D eigenvalue weighted by atomic mass is 16.5. The van der Waals surface area contributed by atoms with Gasteiger partial charge in [-0.15, -0.1) is 0 Å². The van der Waals surface area contributed by atoms with Gasteiger partial charge in [-0.1, -0.05) is 36.4 Å². The zero-order valence-corrected chi connectivity index (χ0v) is 15.6. The first kappa shape index (κ1) is 18.5. The van der Waals surface area contributed by atoms with Gasteiger partial charge in [0.15, 0.2) is 5.96 Å². The lowest BCUT2D eigenvalue weighted by Gasteiger charge is -2.18.